The third-order valence-electron chi connectivity index (χ3n) is 6.41. The number of carbonyl (C=O) groups is 1. The van der Waals surface area contributed by atoms with E-state index in [9.17, 15) is 9.18 Å². The summed E-state index contributed by atoms with van der Waals surface area (Å²) in [5, 5.41) is 13.8. The van der Waals surface area contributed by atoms with E-state index in [2.05, 4.69) is 16.6 Å². The van der Waals surface area contributed by atoms with Gasteiger partial charge < -0.3 is 9.84 Å². The van der Waals surface area contributed by atoms with Gasteiger partial charge in [-0.25, -0.2) is 9.18 Å². The number of carboxylic acids is 1. The number of rotatable bonds is 9. The number of pyridine rings is 1. The lowest BCUT2D eigenvalue weighted by atomic mass is 9.82. The van der Waals surface area contributed by atoms with Crippen molar-refractivity contribution in [3.63, 3.8) is 0 Å². The van der Waals surface area contributed by atoms with Crippen molar-refractivity contribution >= 4 is 5.97 Å². The molecule has 174 valence electrons. The summed E-state index contributed by atoms with van der Waals surface area (Å²) in [6.45, 7) is 3.20. The molecule has 7 heteroatoms. The van der Waals surface area contributed by atoms with Gasteiger partial charge in [0.1, 0.15) is 18.1 Å². The average molecular weight is 452 g/mol. The lowest BCUT2D eigenvalue weighted by Crippen LogP contribution is -2.23. The van der Waals surface area contributed by atoms with E-state index >= 15 is 0 Å². The summed E-state index contributed by atoms with van der Waals surface area (Å²) in [7, 11) is 0. The van der Waals surface area contributed by atoms with Gasteiger partial charge in [-0.3, -0.25) is 9.67 Å². The molecule has 1 N–H and O–H groups in total. The van der Waals surface area contributed by atoms with Crippen molar-refractivity contribution < 1.29 is 19.0 Å². The van der Waals surface area contributed by atoms with Gasteiger partial charge in [0, 0.05) is 35.1 Å². The molecule has 1 saturated carbocycles. The van der Waals surface area contributed by atoms with Crippen LogP contribution in [-0.4, -0.2) is 39.1 Å². The zero-order valence-corrected chi connectivity index (χ0v) is 18.9. The zero-order valence-electron chi connectivity index (χ0n) is 18.9. The number of aliphatic carboxylic acids is 1. The first-order chi connectivity index (χ1) is 16.0. The highest BCUT2D eigenvalue weighted by atomic mass is 19.1. The molecule has 33 heavy (non-hydrogen) atoms. The third kappa shape index (κ3) is 5.66. The van der Waals surface area contributed by atoms with Gasteiger partial charge >= 0.3 is 5.97 Å². The van der Waals surface area contributed by atoms with Crippen LogP contribution in [0.25, 0.3) is 22.4 Å². The summed E-state index contributed by atoms with van der Waals surface area (Å²) in [6, 6.07) is 11.5. The second-order valence-electron chi connectivity index (χ2n) is 8.76. The maximum Gasteiger partial charge on any atom is 0.329 e. The fourth-order valence-corrected chi connectivity index (χ4v) is 4.80. The number of ether oxygens (including phenoxy) is 1. The monoisotopic (exact) mass is 451 g/mol. The van der Waals surface area contributed by atoms with Gasteiger partial charge in [0.2, 0.25) is 0 Å². The number of nitrogens with zero attached hydrogens (tertiary/aromatic N) is 3. The molecule has 0 atom stereocenters. The number of halogens is 1. The van der Waals surface area contributed by atoms with Crippen LogP contribution in [0, 0.1) is 17.7 Å². The largest absolute Gasteiger partial charge is 0.480 e. The maximum atomic E-state index is 14.0. The topological polar surface area (TPSA) is 77.2 Å². The van der Waals surface area contributed by atoms with E-state index in [1.54, 1.807) is 6.20 Å². The lowest BCUT2D eigenvalue weighted by Gasteiger charge is -2.28. The quantitative estimate of drug-likeness (QED) is 0.483. The molecule has 3 aromatic rings. The summed E-state index contributed by atoms with van der Waals surface area (Å²) in [5.41, 5.74) is 4.65. The first kappa shape index (κ1) is 23.1. The Hall–Kier alpha value is -3.06. The fraction of sp³-hybridized carbons (Fsp3) is 0.423. The molecule has 2 aromatic heterocycles. The Morgan fingerprint density at radius 3 is 2.52 bits per heavy atom. The molecule has 0 radical (unpaired) electrons. The number of benzene rings is 1. The van der Waals surface area contributed by atoms with Crippen molar-refractivity contribution in [2.45, 2.75) is 45.6 Å². The molecule has 0 bridgehead atoms. The first-order valence-corrected chi connectivity index (χ1v) is 11.6. The summed E-state index contributed by atoms with van der Waals surface area (Å²) in [4.78, 5) is 14.7. The number of hydrogen-bond donors (Lipinski definition) is 1. The van der Waals surface area contributed by atoms with E-state index in [0.29, 0.717) is 18.4 Å². The smallest absolute Gasteiger partial charge is 0.329 e. The van der Waals surface area contributed by atoms with Crippen molar-refractivity contribution in [1.82, 2.24) is 14.8 Å². The molecular weight excluding hydrogens is 421 g/mol. The van der Waals surface area contributed by atoms with Crippen LogP contribution in [0.3, 0.4) is 0 Å². The van der Waals surface area contributed by atoms with Gasteiger partial charge in [-0.2, -0.15) is 5.10 Å². The predicted molar refractivity (Wildman–Crippen MR) is 124 cm³/mol. The van der Waals surface area contributed by atoms with E-state index in [1.807, 2.05) is 30.3 Å². The average Bonchev–Trinajstić information content (AvgIpc) is 3.18. The Bertz CT molecular complexity index is 1080. The SMILES string of the molecule is CCc1c(-c2cncc(F)c2)c(-c2ccccc2)nn1C[C@H]1CC[C@H](COCC(=O)O)CC1. The molecule has 0 unspecified atom stereocenters. The second-order valence-corrected chi connectivity index (χ2v) is 8.76. The molecule has 1 aromatic carbocycles. The van der Waals surface area contributed by atoms with Gasteiger partial charge in [0.05, 0.1) is 12.8 Å². The van der Waals surface area contributed by atoms with Crippen molar-refractivity contribution in [3.05, 3.63) is 60.3 Å². The standard InChI is InChI=1S/C26H30FN3O3/c1-2-23-25(21-12-22(27)14-28-13-21)26(20-6-4-3-5-7-20)29-30(23)15-18-8-10-19(11-9-18)16-33-17-24(31)32/h3-7,12-14,18-19H,2,8-11,15-17H2,1H3,(H,31,32)/t18-,19-. The van der Waals surface area contributed by atoms with E-state index in [1.165, 1.54) is 12.3 Å². The fourth-order valence-electron chi connectivity index (χ4n) is 4.80. The minimum atomic E-state index is -0.923. The van der Waals surface area contributed by atoms with Crippen molar-refractivity contribution in [2.24, 2.45) is 11.8 Å². The molecule has 4 rings (SSSR count). The zero-order chi connectivity index (χ0) is 23.2. The van der Waals surface area contributed by atoms with Gasteiger partial charge in [-0.1, -0.05) is 37.3 Å². The molecule has 0 aliphatic heterocycles. The molecule has 6 nitrogen and oxygen atoms in total. The van der Waals surface area contributed by atoms with Gasteiger partial charge in [0.15, 0.2) is 0 Å². The predicted octanol–water partition coefficient (Wildman–Crippen LogP) is 5.22. The van der Waals surface area contributed by atoms with Gasteiger partial charge in [-0.15, -0.1) is 0 Å². The lowest BCUT2D eigenvalue weighted by molar-refractivity contribution is -0.142. The number of carboxylic acid groups (broad SMARTS) is 1. The third-order valence-corrected chi connectivity index (χ3v) is 6.41. The minimum Gasteiger partial charge on any atom is -0.480 e. The van der Waals surface area contributed by atoms with Crippen molar-refractivity contribution in [1.29, 1.82) is 0 Å². The van der Waals surface area contributed by atoms with E-state index in [4.69, 9.17) is 14.9 Å². The van der Waals surface area contributed by atoms with E-state index in [0.717, 1.165) is 66.7 Å². The Morgan fingerprint density at radius 2 is 1.85 bits per heavy atom. The molecule has 1 aliphatic carbocycles. The van der Waals surface area contributed by atoms with E-state index < -0.39 is 5.97 Å². The van der Waals surface area contributed by atoms with Crippen LogP contribution >= 0.6 is 0 Å². The summed E-state index contributed by atoms with van der Waals surface area (Å²) in [6.07, 6.45) is 7.88. The minimum absolute atomic E-state index is 0.229. The van der Waals surface area contributed by atoms with Crippen LogP contribution in [-0.2, 0) is 22.5 Å². The molecule has 2 heterocycles. The normalized spacial score (nSPS) is 18.4. The molecule has 0 spiro atoms. The highest BCUT2D eigenvalue weighted by Gasteiger charge is 2.25. The van der Waals surface area contributed by atoms with Crippen LogP contribution in [0.1, 0.15) is 38.3 Å². The first-order valence-electron chi connectivity index (χ1n) is 11.6. The van der Waals surface area contributed by atoms with Crippen LogP contribution in [0.5, 0.6) is 0 Å². The summed E-state index contributed by atoms with van der Waals surface area (Å²) >= 11 is 0. The highest BCUT2D eigenvalue weighted by molar-refractivity contribution is 5.82. The summed E-state index contributed by atoms with van der Waals surface area (Å²) in [5.74, 6) is -0.372. The molecular formula is C26H30FN3O3. The maximum absolute atomic E-state index is 14.0. The van der Waals surface area contributed by atoms with Crippen molar-refractivity contribution in [3.8, 4) is 22.4 Å². The van der Waals surface area contributed by atoms with Crippen LogP contribution in [0.2, 0.25) is 0 Å². The summed E-state index contributed by atoms with van der Waals surface area (Å²) < 4.78 is 21.4. The van der Waals surface area contributed by atoms with E-state index in [-0.39, 0.29) is 12.4 Å². The molecule has 0 amide bonds. The molecule has 1 aliphatic rings. The number of aromatic nitrogens is 3. The van der Waals surface area contributed by atoms with Crippen LogP contribution in [0.15, 0.2) is 48.8 Å². The van der Waals surface area contributed by atoms with Gasteiger partial charge in [-0.05, 0) is 50.0 Å². The van der Waals surface area contributed by atoms with Crippen molar-refractivity contribution in [2.75, 3.05) is 13.2 Å². The Labute approximate surface area is 193 Å². The molecule has 1 fully saturated rings. The number of hydrogen-bond acceptors (Lipinski definition) is 4. The van der Waals surface area contributed by atoms with Crippen LogP contribution in [0.4, 0.5) is 4.39 Å². The molecule has 0 saturated heterocycles. The van der Waals surface area contributed by atoms with Crippen LogP contribution < -0.4 is 0 Å². The Morgan fingerprint density at radius 1 is 1.12 bits per heavy atom. The Balaban J connectivity index is 1.56. The Kier molecular flexibility index (Phi) is 7.50. The highest BCUT2D eigenvalue weighted by Crippen LogP contribution is 2.37. The second kappa shape index (κ2) is 10.7. The van der Waals surface area contributed by atoms with Gasteiger partial charge in [0.25, 0.3) is 0 Å².